The van der Waals surface area contributed by atoms with Crippen LogP contribution >= 0.6 is 11.3 Å². The standard InChI is InChI=1S/C19H24N2OS/c1-15-5-2-3-6-16(15)7-4-8-18(22)21-12-9-17(10-13-21)19-20-11-14-23-19/h2-3,5-6,11,14,17H,4,7-10,12-13H2,1H3. The van der Waals surface area contributed by atoms with Crippen LogP contribution in [0.1, 0.15) is 47.7 Å². The van der Waals surface area contributed by atoms with Crippen LogP contribution < -0.4 is 0 Å². The maximum absolute atomic E-state index is 12.4. The molecule has 3 rings (SSSR count). The summed E-state index contributed by atoms with van der Waals surface area (Å²) in [4.78, 5) is 18.8. The highest BCUT2D eigenvalue weighted by Gasteiger charge is 2.24. The molecule has 0 unspecified atom stereocenters. The van der Waals surface area contributed by atoms with Crippen LogP contribution in [0, 0.1) is 6.92 Å². The van der Waals surface area contributed by atoms with Gasteiger partial charge in [0.05, 0.1) is 5.01 Å². The Labute approximate surface area is 142 Å². The SMILES string of the molecule is Cc1ccccc1CCCC(=O)N1CCC(c2nccs2)CC1. The number of hydrogen-bond donors (Lipinski definition) is 0. The molecule has 2 aromatic rings. The van der Waals surface area contributed by atoms with E-state index in [1.54, 1.807) is 11.3 Å². The first-order valence-electron chi connectivity index (χ1n) is 8.45. The zero-order chi connectivity index (χ0) is 16.1. The van der Waals surface area contributed by atoms with Gasteiger partial charge < -0.3 is 4.90 Å². The lowest BCUT2D eigenvalue weighted by molar-refractivity contribution is -0.132. The molecule has 1 aliphatic rings. The number of thiazole rings is 1. The van der Waals surface area contributed by atoms with Gasteiger partial charge >= 0.3 is 0 Å². The highest BCUT2D eigenvalue weighted by molar-refractivity contribution is 7.09. The van der Waals surface area contributed by atoms with E-state index in [4.69, 9.17) is 0 Å². The van der Waals surface area contributed by atoms with Crippen LogP contribution in [0.3, 0.4) is 0 Å². The number of rotatable bonds is 5. The van der Waals surface area contributed by atoms with Gasteiger partial charge in [-0.05, 0) is 43.7 Å². The summed E-state index contributed by atoms with van der Waals surface area (Å²) >= 11 is 1.74. The van der Waals surface area contributed by atoms with Crippen LogP contribution in [0.5, 0.6) is 0 Å². The maximum Gasteiger partial charge on any atom is 0.222 e. The first-order valence-corrected chi connectivity index (χ1v) is 9.33. The van der Waals surface area contributed by atoms with Crippen LogP contribution in [0.15, 0.2) is 35.8 Å². The minimum Gasteiger partial charge on any atom is -0.343 e. The summed E-state index contributed by atoms with van der Waals surface area (Å²) in [7, 11) is 0. The van der Waals surface area contributed by atoms with Crippen LogP contribution in [-0.4, -0.2) is 28.9 Å². The lowest BCUT2D eigenvalue weighted by Gasteiger charge is -2.31. The van der Waals surface area contributed by atoms with E-state index in [-0.39, 0.29) is 0 Å². The molecule has 1 saturated heterocycles. The smallest absolute Gasteiger partial charge is 0.222 e. The molecule has 0 aliphatic carbocycles. The molecule has 1 aromatic carbocycles. The second-order valence-electron chi connectivity index (χ2n) is 6.31. The van der Waals surface area contributed by atoms with Crippen molar-refractivity contribution in [2.45, 2.75) is 44.9 Å². The number of aromatic nitrogens is 1. The monoisotopic (exact) mass is 328 g/mol. The maximum atomic E-state index is 12.4. The van der Waals surface area contributed by atoms with E-state index in [2.05, 4.69) is 36.2 Å². The van der Waals surface area contributed by atoms with Gasteiger partial charge in [0.25, 0.3) is 0 Å². The van der Waals surface area contributed by atoms with Crippen molar-refractivity contribution in [1.82, 2.24) is 9.88 Å². The predicted molar refractivity (Wildman–Crippen MR) is 94.8 cm³/mol. The predicted octanol–water partition coefficient (Wildman–Crippen LogP) is 4.18. The summed E-state index contributed by atoms with van der Waals surface area (Å²) in [5, 5.41) is 3.27. The molecule has 2 heterocycles. The minimum absolute atomic E-state index is 0.316. The Kier molecular flexibility index (Phi) is 5.44. The molecule has 4 heteroatoms. The number of carbonyl (C=O) groups excluding carboxylic acids is 1. The van der Waals surface area contributed by atoms with Gasteiger partial charge in [0.1, 0.15) is 0 Å². The summed E-state index contributed by atoms with van der Waals surface area (Å²) in [5.41, 5.74) is 2.69. The van der Waals surface area contributed by atoms with Gasteiger partial charge in [0, 0.05) is 37.0 Å². The van der Waals surface area contributed by atoms with Crippen molar-refractivity contribution in [3.8, 4) is 0 Å². The van der Waals surface area contributed by atoms with Crippen molar-refractivity contribution in [3.63, 3.8) is 0 Å². The number of hydrogen-bond acceptors (Lipinski definition) is 3. The molecular formula is C19H24N2OS. The molecule has 0 N–H and O–H groups in total. The van der Waals surface area contributed by atoms with Gasteiger partial charge in [0.2, 0.25) is 5.91 Å². The highest BCUT2D eigenvalue weighted by Crippen LogP contribution is 2.29. The van der Waals surface area contributed by atoms with Crippen molar-refractivity contribution in [2.75, 3.05) is 13.1 Å². The number of piperidine rings is 1. The molecular weight excluding hydrogens is 304 g/mol. The Balaban J connectivity index is 1.42. The first kappa shape index (κ1) is 16.2. The fourth-order valence-corrected chi connectivity index (χ4v) is 4.10. The van der Waals surface area contributed by atoms with Gasteiger partial charge in [-0.3, -0.25) is 4.79 Å². The fourth-order valence-electron chi connectivity index (χ4n) is 3.29. The Morgan fingerprint density at radius 2 is 2.09 bits per heavy atom. The van der Waals surface area contributed by atoms with Gasteiger partial charge in [0.15, 0.2) is 0 Å². The summed E-state index contributed by atoms with van der Waals surface area (Å²) < 4.78 is 0. The molecule has 3 nitrogen and oxygen atoms in total. The number of nitrogens with zero attached hydrogens (tertiary/aromatic N) is 2. The molecule has 23 heavy (non-hydrogen) atoms. The molecule has 1 aliphatic heterocycles. The van der Waals surface area contributed by atoms with E-state index < -0.39 is 0 Å². The van der Waals surface area contributed by atoms with E-state index in [9.17, 15) is 4.79 Å². The summed E-state index contributed by atoms with van der Waals surface area (Å²) in [6, 6.07) is 8.45. The first-order chi connectivity index (χ1) is 11.2. The second kappa shape index (κ2) is 7.73. The van der Waals surface area contributed by atoms with Crippen molar-refractivity contribution in [1.29, 1.82) is 0 Å². The molecule has 1 amide bonds. The van der Waals surface area contributed by atoms with Crippen molar-refractivity contribution in [3.05, 3.63) is 52.0 Å². The Bertz CT molecular complexity index is 631. The van der Waals surface area contributed by atoms with E-state index >= 15 is 0 Å². The zero-order valence-electron chi connectivity index (χ0n) is 13.7. The molecule has 0 atom stereocenters. The number of aryl methyl sites for hydroxylation is 2. The van der Waals surface area contributed by atoms with E-state index in [0.717, 1.165) is 38.8 Å². The van der Waals surface area contributed by atoms with Crippen LogP contribution in [0.25, 0.3) is 0 Å². The van der Waals surface area contributed by atoms with Crippen molar-refractivity contribution < 1.29 is 4.79 Å². The Morgan fingerprint density at radius 3 is 2.78 bits per heavy atom. The van der Waals surface area contributed by atoms with Gasteiger partial charge in [-0.25, -0.2) is 4.98 Å². The van der Waals surface area contributed by atoms with Crippen LogP contribution in [0.4, 0.5) is 0 Å². The lowest BCUT2D eigenvalue weighted by Crippen LogP contribution is -2.37. The third-order valence-electron chi connectivity index (χ3n) is 4.75. The van der Waals surface area contributed by atoms with E-state index in [1.165, 1.54) is 16.1 Å². The average Bonchev–Trinajstić information content (AvgIpc) is 3.11. The summed E-state index contributed by atoms with van der Waals surface area (Å²) in [6.45, 7) is 3.90. The van der Waals surface area contributed by atoms with Crippen molar-refractivity contribution >= 4 is 17.2 Å². The van der Waals surface area contributed by atoms with E-state index in [0.29, 0.717) is 18.2 Å². The van der Waals surface area contributed by atoms with Crippen LogP contribution in [-0.2, 0) is 11.2 Å². The molecule has 0 bridgehead atoms. The second-order valence-corrected chi connectivity index (χ2v) is 7.23. The largest absolute Gasteiger partial charge is 0.343 e. The third kappa shape index (κ3) is 4.20. The average molecular weight is 328 g/mol. The van der Waals surface area contributed by atoms with Gasteiger partial charge in [-0.15, -0.1) is 11.3 Å². The fraction of sp³-hybridized carbons (Fsp3) is 0.474. The topological polar surface area (TPSA) is 33.2 Å². The molecule has 1 aromatic heterocycles. The number of likely N-dealkylation sites (tertiary alicyclic amines) is 1. The van der Waals surface area contributed by atoms with Crippen molar-refractivity contribution in [2.24, 2.45) is 0 Å². The highest BCUT2D eigenvalue weighted by atomic mass is 32.1. The Morgan fingerprint density at radius 1 is 1.30 bits per heavy atom. The normalized spacial score (nSPS) is 15.8. The molecule has 1 fully saturated rings. The Hall–Kier alpha value is -1.68. The molecule has 0 saturated carbocycles. The summed E-state index contributed by atoms with van der Waals surface area (Å²) in [5.74, 6) is 0.863. The van der Waals surface area contributed by atoms with Gasteiger partial charge in [-0.1, -0.05) is 24.3 Å². The van der Waals surface area contributed by atoms with E-state index in [1.807, 2.05) is 16.5 Å². The quantitative estimate of drug-likeness (QED) is 0.825. The number of amides is 1. The molecule has 122 valence electrons. The zero-order valence-corrected chi connectivity index (χ0v) is 14.5. The molecule has 0 spiro atoms. The molecule has 0 radical (unpaired) electrons. The third-order valence-corrected chi connectivity index (χ3v) is 5.68. The summed E-state index contributed by atoms with van der Waals surface area (Å²) in [6.07, 6.45) is 6.58. The number of benzene rings is 1. The van der Waals surface area contributed by atoms with Gasteiger partial charge in [-0.2, -0.15) is 0 Å². The number of carbonyl (C=O) groups is 1. The van der Waals surface area contributed by atoms with Crippen LogP contribution in [0.2, 0.25) is 0 Å². The lowest BCUT2D eigenvalue weighted by atomic mass is 9.97. The minimum atomic E-state index is 0.316.